The van der Waals surface area contributed by atoms with Crippen molar-refractivity contribution >= 4 is 11.9 Å². The number of carboxylic acid groups (broad SMARTS) is 1. The lowest BCUT2D eigenvalue weighted by Crippen LogP contribution is -2.25. The van der Waals surface area contributed by atoms with Gasteiger partial charge in [0.25, 0.3) is 0 Å². The average Bonchev–Trinajstić information content (AvgIpc) is 2.62. The molecule has 2 rings (SSSR count). The molecule has 1 heterocycles. The summed E-state index contributed by atoms with van der Waals surface area (Å²) in [5.74, 6) is -2.35. The Kier molecular flexibility index (Phi) is 2.41. The SMILES string of the molecule is O=C(O)[C@@H]1C[C@@H](c2ccccc2)NC1=O. The topological polar surface area (TPSA) is 66.4 Å². The van der Waals surface area contributed by atoms with E-state index in [1.165, 1.54) is 0 Å². The monoisotopic (exact) mass is 205 g/mol. The molecule has 2 N–H and O–H groups in total. The van der Waals surface area contributed by atoms with E-state index in [1.54, 1.807) is 0 Å². The summed E-state index contributed by atoms with van der Waals surface area (Å²) in [6, 6.07) is 9.23. The molecular formula is C11H11NO3. The van der Waals surface area contributed by atoms with Crippen LogP contribution in [0, 0.1) is 5.92 Å². The summed E-state index contributed by atoms with van der Waals surface area (Å²) in [5, 5.41) is 11.5. The molecule has 78 valence electrons. The molecule has 15 heavy (non-hydrogen) atoms. The number of rotatable bonds is 2. The fourth-order valence-electron chi connectivity index (χ4n) is 1.79. The number of aliphatic carboxylic acids is 1. The van der Waals surface area contributed by atoms with E-state index in [0.717, 1.165) is 5.56 Å². The predicted molar refractivity (Wildman–Crippen MR) is 53.1 cm³/mol. The fraction of sp³-hybridized carbons (Fsp3) is 0.273. The summed E-state index contributed by atoms with van der Waals surface area (Å²) in [5.41, 5.74) is 0.953. The zero-order valence-electron chi connectivity index (χ0n) is 8.01. The quantitative estimate of drug-likeness (QED) is 0.706. The van der Waals surface area contributed by atoms with E-state index in [-0.39, 0.29) is 6.04 Å². The van der Waals surface area contributed by atoms with Crippen LogP contribution in [-0.4, -0.2) is 17.0 Å². The van der Waals surface area contributed by atoms with E-state index in [2.05, 4.69) is 5.32 Å². The van der Waals surface area contributed by atoms with Gasteiger partial charge in [0.05, 0.1) is 6.04 Å². The molecule has 0 unspecified atom stereocenters. The maximum atomic E-state index is 11.3. The van der Waals surface area contributed by atoms with Crippen LogP contribution >= 0.6 is 0 Å². The smallest absolute Gasteiger partial charge is 0.316 e. The zero-order valence-corrected chi connectivity index (χ0v) is 8.01. The minimum absolute atomic E-state index is 0.167. The molecule has 0 saturated carbocycles. The van der Waals surface area contributed by atoms with Crippen molar-refractivity contribution in [2.24, 2.45) is 5.92 Å². The van der Waals surface area contributed by atoms with Gasteiger partial charge in [0.15, 0.2) is 0 Å². The van der Waals surface area contributed by atoms with Crippen LogP contribution in [0.25, 0.3) is 0 Å². The third-order valence-corrected chi connectivity index (χ3v) is 2.60. The largest absolute Gasteiger partial charge is 0.481 e. The van der Waals surface area contributed by atoms with Gasteiger partial charge in [0.2, 0.25) is 5.91 Å². The molecule has 1 fully saturated rings. The van der Waals surface area contributed by atoms with E-state index < -0.39 is 17.8 Å². The molecule has 1 aliphatic rings. The van der Waals surface area contributed by atoms with E-state index in [0.29, 0.717) is 6.42 Å². The molecule has 0 bridgehead atoms. The van der Waals surface area contributed by atoms with Gasteiger partial charge >= 0.3 is 5.97 Å². The lowest BCUT2D eigenvalue weighted by atomic mass is 10.0. The van der Waals surface area contributed by atoms with Crippen LogP contribution in [0.15, 0.2) is 30.3 Å². The van der Waals surface area contributed by atoms with E-state index in [9.17, 15) is 9.59 Å². The van der Waals surface area contributed by atoms with E-state index >= 15 is 0 Å². The standard InChI is InChI=1S/C11H11NO3/c13-10-8(11(14)15)6-9(12-10)7-4-2-1-3-5-7/h1-5,8-9H,6H2,(H,12,13)(H,14,15)/t8-,9+/m1/s1. The summed E-state index contributed by atoms with van der Waals surface area (Å²) in [7, 11) is 0. The molecule has 0 aromatic heterocycles. The molecule has 1 saturated heterocycles. The molecule has 0 aliphatic carbocycles. The summed E-state index contributed by atoms with van der Waals surface area (Å²) < 4.78 is 0. The van der Waals surface area contributed by atoms with E-state index in [1.807, 2.05) is 30.3 Å². The summed E-state index contributed by atoms with van der Waals surface area (Å²) in [4.78, 5) is 22.0. The molecule has 4 nitrogen and oxygen atoms in total. The number of nitrogens with one attached hydrogen (secondary N) is 1. The van der Waals surface area contributed by atoms with Crippen molar-refractivity contribution in [3.8, 4) is 0 Å². The van der Waals surface area contributed by atoms with Crippen molar-refractivity contribution in [3.63, 3.8) is 0 Å². The highest BCUT2D eigenvalue weighted by molar-refractivity contribution is 5.98. The van der Waals surface area contributed by atoms with Gasteiger partial charge in [-0.05, 0) is 12.0 Å². The second-order valence-corrected chi connectivity index (χ2v) is 3.60. The third-order valence-electron chi connectivity index (χ3n) is 2.60. The Balaban J connectivity index is 2.16. The molecule has 1 aliphatic heterocycles. The van der Waals surface area contributed by atoms with Crippen molar-refractivity contribution in [3.05, 3.63) is 35.9 Å². The minimum atomic E-state index is -1.05. The highest BCUT2D eigenvalue weighted by Gasteiger charge is 2.37. The highest BCUT2D eigenvalue weighted by Crippen LogP contribution is 2.27. The average molecular weight is 205 g/mol. The van der Waals surface area contributed by atoms with Gasteiger partial charge in [-0.25, -0.2) is 0 Å². The first-order chi connectivity index (χ1) is 7.18. The van der Waals surface area contributed by atoms with Crippen LogP contribution in [0.1, 0.15) is 18.0 Å². The maximum absolute atomic E-state index is 11.3. The second kappa shape index (κ2) is 3.73. The summed E-state index contributed by atoms with van der Waals surface area (Å²) in [6.45, 7) is 0. The first kappa shape index (κ1) is 9.71. The van der Waals surface area contributed by atoms with Gasteiger partial charge in [-0.3, -0.25) is 9.59 Å². The zero-order chi connectivity index (χ0) is 10.8. The van der Waals surface area contributed by atoms with Crippen LogP contribution in [0.2, 0.25) is 0 Å². The molecule has 2 atom stereocenters. The number of carbonyl (C=O) groups excluding carboxylic acids is 1. The Labute approximate surface area is 86.9 Å². The molecule has 1 aromatic carbocycles. The first-order valence-corrected chi connectivity index (χ1v) is 4.76. The van der Waals surface area contributed by atoms with Gasteiger partial charge in [0, 0.05) is 0 Å². The van der Waals surface area contributed by atoms with Crippen LogP contribution < -0.4 is 5.32 Å². The Morgan fingerprint density at radius 3 is 2.53 bits per heavy atom. The van der Waals surface area contributed by atoms with Gasteiger partial charge in [-0.2, -0.15) is 0 Å². The van der Waals surface area contributed by atoms with Crippen LogP contribution in [-0.2, 0) is 9.59 Å². The van der Waals surface area contributed by atoms with Gasteiger partial charge in [0.1, 0.15) is 5.92 Å². The molecule has 0 radical (unpaired) electrons. The van der Waals surface area contributed by atoms with Gasteiger partial charge in [-0.1, -0.05) is 30.3 Å². The van der Waals surface area contributed by atoms with Crippen LogP contribution in [0.3, 0.4) is 0 Å². The molecular weight excluding hydrogens is 194 g/mol. The summed E-state index contributed by atoms with van der Waals surface area (Å²) in [6.07, 6.45) is 0.332. The Morgan fingerprint density at radius 1 is 1.33 bits per heavy atom. The number of hydrogen-bond acceptors (Lipinski definition) is 2. The number of carboxylic acids is 1. The third kappa shape index (κ3) is 1.83. The van der Waals surface area contributed by atoms with Crippen LogP contribution in [0.4, 0.5) is 0 Å². The Hall–Kier alpha value is -1.84. The minimum Gasteiger partial charge on any atom is -0.481 e. The molecule has 4 heteroatoms. The molecule has 1 amide bonds. The highest BCUT2D eigenvalue weighted by atomic mass is 16.4. The first-order valence-electron chi connectivity index (χ1n) is 4.76. The van der Waals surface area contributed by atoms with E-state index in [4.69, 9.17) is 5.11 Å². The van der Waals surface area contributed by atoms with Crippen LogP contribution in [0.5, 0.6) is 0 Å². The lowest BCUT2D eigenvalue weighted by Gasteiger charge is -2.08. The number of hydrogen-bond donors (Lipinski definition) is 2. The Morgan fingerprint density at radius 2 is 2.00 bits per heavy atom. The lowest BCUT2D eigenvalue weighted by molar-refractivity contribution is -0.145. The van der Waals surface area contributed by atoms with Crippen molar-refractivity contribution in [1.82, 2.24) is 5.32 Å². The van der Waals surface area contributed by atoms with Gasteiger partial charge < -0.3 is 10.4 Å². The number of carbonyl (C=O) groups is 2. The van der Waals surface area contributed by atoms with Crippen molar-refractivity contribution in [1.29, 1.82) is 0 Å². The number of benzene rings is 1. The van der Waals surface area contributed by atoms with Gasteiger partial charge in [-0.15, -0.1) is 0 Å². The predicted octanol–water partition coefficient (Wildman–Crippen LogP) is 0.948. The Bertz CT molecular complexity index is 388. The summed E-state index contributed by atoms with van der Waals surface area (Å²) >= 11 is 0. The molecule has 0 spiro atoms. The normalized spacial score (nSPS) is 24.9. The van der Waals surface area contributed by atoms with Crippen molar-refractivity contribution in [2.45, 2.75) is 12.5 Å². The maximum Gasteiger partial charge on any atom is 0.316 e. The molecule has 1 aromatic rings. The fourth-order valence-corrected chi connectivity index (χ4v) is 1.79. The second-order valence-electron chi connectivity index (χ2n) is 3.60. The van der Waals surface area contributed by atoms with Crippen molar-refractivity contribution in [2.75, 3.05) is 0 Å². The van der Waals surface area contributed by atoms with Crippen molar-refractivity contribution < 1.29 is 14.7 Å². The number of amides is 1.